The minimum atomic E-state index is 0. The zero-order valence-electron chi connectivity index (χ0n) is 8.02. The van der Waals surface area contributed by atoms with Crippen LogP contribution in [0.4, 0.5) is 11.5 Å². The number of hydrogen-bond acceptors (Lipinski definition) is 3. The molecule has 3 nitrogen and oxygen atoms in total. The second kappa shape index (κ2) is 5.89. The second-order valence-corrected chi connectivity index (χ2v) is 3.68. The van der Waals surface area contributed by atoms with Crippen molar-refractivity contribution in [2.45, 2.75) is 0 Å². The third-order valence-electron chi connectivity index (χ3n) is 1.75. The fraction of sp³-hybridized carbons (Fsp3) is 0. The monoisotopic (exact) mass is 275 g/mol. The van der Waals surface area contributed by atoms with Crippen LogP contribution in [0.5, 0.6) is 0 Å². The van der Waals surface area contributed by atoms with E-state index in [9.17, 15) is 0 Å². The lowest BCUT2D eigenvalue weighted by molar-refractivity contribution is 1.17. The first kappa shape index (κ1) is 13.0. The van der Waals surface area contributed by atoms with Gasteiger partial charge in [0, 0.05) is 16.8 Å². The van der Waals surface area contributed by atoms with Gasteiger partial charge in [-0.1, -0.05) is 23.2 Å². The number of anilines is 2. The summed E-state index contributed by atoms with van der Waals surface area (Å²) in [4.78, 5) is 7.81. The van der Waals surface area contributed by atoms with E-state index in [0.717, 1.165) is 5.69 Å². The minimum absolute atomic E-state index is 0. The van der Waals surface area contributed by atoms with Gasteiger partial charge in [-0.25, -0.2) is 9.97 Å². The topological polar surface area (TPSA) is 37.8 Å². The van der Waals surface area contributed by atoms with E-state index in [2.05, 4.69) is 15.3 Å². The lowest BCUT2D eigenvalue weighted by atomic mass is 10.3. The molecule has 2 aromatic rings. The van der Waals surface area contributed by atoms with Crippen LogP contribution in [0.1, 0.15) is 0 Å². The Morgan fingerprint density at radius 1 is 1.00 bits per heavy atom. The van der Waals surface area contributed by atoms with Crippen molar-refractivity contribution < 1.29 is 0 Å². The highest BCUT2D eigenvalue weighted by atomic mass is 35.5. The molecule has 0 unspecified atom stereocenters. The van der Waals surface area contributed by atoms with Gasteiger partial charge in [-0.05, 0) is 24.3 Å². The summed E-state index contributed by atoms with van der Waals surface area (Å²) in [5.74, 6) is 0.650. The maximum atomic E-state index is 5.77. The maximum absolute atomic E-state index is 5.77. The maximum Gasteiger partial charge on any atom is 0.135 e. The van der Waals surface area contributed by atoms with Crippen LogP contribution in [-0.2, 0) is 0 Å². The molecule has 16 heavy (non-hydrogen) atoms. The highest BCUT2D eigenvalue weighted by molar-refractivity contribution is 6.30. The van der Waals surface area contributed by atoms with Gasteiger partial charge in [0.2, 0.25) is 0 Å². The zero-order chi connectivity index (χ0) is 10.7. The van der Waals surface area contributed by atoms with Crippen molar-refractivity contribution in [3.63, 3.8) is 0 Å². The predicted octanol–water partition coefficient (Wildman–Crippen LogP) is 3.95. The summed E-state index contributed by atoms with van der Waals surface area (Å²) in [7, 11) is 0. The van der Waals surface area contributed by atoms with Gasteiger partial charge in [0.25, 0.3) is 0 Å². The van der Waals surface area contributed by atoms with Crippen LogP contribution < -0.4 is 5.32 Å². The number of hydrogen-bond donors (Lipinski definition) is 1. The summed E-state index contributed by atoms with van der Waals surface area (Å²) in [5, 5.41) is 4.18. The summed E-state index contributed by atoms with van der Waals surface area (Å²) in [5.41, 5.74) is 0.897. The van der Waals surface area contributed by atoms with Crippen LogP contribution in [0, 0.1) is 0 Å². The third kappa shape index (κ3) is 3.52. The molecule has 0 aliphatic heterocycles. The fourth-order valence-corrected chi connectivity index (χ4v) is 1.36. The molecule has 6 heteroatoms. The van der Waals surface area contributed by atoms with E-state index in [4.69, 9.17) is 23.2 Å². The summed E-state index contributed by atoms with van der Waals surface area (Å²) in [6, 6.07) is 8.96. The molecule has 1 aromatic heterocycles. The summed E-state index contributed by atoms with van der Waals surface area (Å²) in [6.07, 6.45) is 1.40. The average molecular weight is 277 g/mol. The molecule has 0 spiro atoms. The molecule has 0 aliphatic carbocycles. The number of nitrogens with zero attached hydrogens (tertiary/aromatic N) is 2. The Hall–Kier alpha value is -1.03. The zero-order valence-corrected chi connectivity index (χ0v) is 10.4. The molecule has 0 amide bonds. The van der Waals surface area contributed by atoms with Crippen molar-refractivity contribution in [3.8, 4) is 0 Å². The van der Waals surface area contributed by atoms with Crippen LogP contribution in [0.15, 0.2) is 36.7 Å². The Balaban J connectivity index is 0.00000128. The largest absolute Gasteiger partial charge is 0.340 e. The summed E-state index contributed by atoms with van der Waals surface area (Å²) >= 11 is 11.5. The molecule has 0 aliphatic rings. The second-order valence-electron chi connectivity index (χ2n) is 2.86. The van der Waals surface area contributed by atoms with E-state index in [0.29, 0.717) is 16.0 Å². The van der Waals surface area contributed by atoms with E-state index in [1.165, 1.54) is 6.33 Å². The van der Waals surface area contributed by atoms with Gasteiger partial charge in [-0.2, -0.15) is 0 Å². The van der Waals surface area contributed by atoms with E-state index in [1.54, 1.807) is 18.2 Å². The average Bonchev–Trinajstić information content (AvgIpc) is 2.22. The van der Waals surface area contributed by atoms with Crippen molar-refractivity contribution in [2.75, 3.05) is 5.32 Å². The van der Waals surface area contributed by atoms with E-state index in [-0.39, 0.29) is 12.4 Å². The van der Waals surface area contributed by atoms with Gasteiger partial charge < -0.3 is 5.32 Å². The minimum Gasteiger partial charge on any atom is -0.340 e. The third-order valence-corrected chi connectivity index (χ3v) is 2.21. The van der Waals surface area contributed by atoms with Gasteiger partial charge in [0.1, 0.15) is 17.3 Å². The Morgan fingerprint density at radius 2 is 1.69 bits per heavy atom. The first-order valence-electron chi connectivity index (χ1n) is 4.24. The molecule has 0 saturated heterocycles. The summed E-state index contributed by atoms with van der Waals surface area (Å²) < 4.78 is 0. The lowest BCUT2D eigenvalue weighted by Crippen LogP contribution is -1.93. The molecule has 1 N–H and O–H groups in total. The molecule has 84 valence electrons. The molecule has 0 saturated carbocycles. The van der Waals surface area contributed by atoms with Crippen LogP contribution in [-0.4, -0.2) is 9.97 Å². The standard InChI is InChI=1S/C10H7Cl2N3.ClH/c11-7-1-3-8(4-2-7)15-10-5-9(12)13-6-14-10;/h1-6H,(H,13,14,15);1H. The molecule has 1 heterocycles. The molecule has 1 aromatic carbocycles. The number of nitrogens with one attached hydrogen (secondary N) is 1. The van der Waals surface area contributed by atoms with E-state index in [1.807, 2.05) is 12.1 Å². The predicted molar refractivity (Wildman–Crippen MR) is 69.0 cm³/mol. The van der Waals surface area contributed by atoms with Crippen molar-refractivity contribution in [1.29, 1.82) is 0 Å². The first-order valence-corrected chi connectivity index (χ1v) is 5.00. The van der Waals surface area contributed by atoms with Crippen LogP contribution >= 0.6 is 35.6 Å². The van der Waals surface area contributed by atoms with Crippen molar-refractivity contribution in [2.24, 2.45) is 0 Å². The summed E-state index contributed by atoms with van der Waals surface area (Å²) in [6.45, 7) is 0. The van der Waals surface area contributed by atoms with Crippen molar-refractivity contribution >= 4 is 47.1 Å². The van der Waals surface area contributed by atoms with Gasteiger partial charge in [0.05, 0.1) is 0 Å². The van der Waals surface area contributed by atoms with Gasteiger partial charge >= 0.3 is 0 Å². The number of halogens is 3. The van der Waals surface area contributed by atoms with Gasteiger partial charge in [0.15, 0.2) is 0 Å². The van der Waals surface area contributed by atoms with Crippen molar-refractivity contribution in [3.05, 3.63) is 46.8 Å². The quantitative estimate of drug-likeness (QED) is 0.844. The molecule has 0 bridgehead atoms. The van der Waals surface area contributed by atoms with Gasteiger partial charge in [-0.3, -0.25) is 0 Å². The molecule has 0 fully saturated rings. The van der Waals surface area contributed by atoms with E-state index >= 15 is 0 Å². The Bertz CT molecular complexity index is 459. The number of aromatic nitrogens is 2. The van der Waals surface area contributed by atoms with Crippen LogP contribution in [0.2, 0.25) is 10.2 Å². The van der Waals surface area contributed by atoms with Crippen LogP contribution in [0.3, 0.4) is 0 Å². The van der Waals surface area contributed by atoms with Crippen molar-refractivity contribution in [1.82, 2.24) is 9.97 Å². The fourth-order valence-electron chi connectivity index (χ4n) is 1.08. The molecular weight excluding hydrogens is 268 g/mol. The Labute approximate surface area is 109 Å². The highest BCUT2D eigenvalue weighted by Gasteiger charge is 1.97. The number of rotatable bonds is 2. The molecule has 0 radical (unpaired) electrons. The molecule has 2 rings (SSSR count). The van der Waals surface area contributed by atoms with E-state index < -0.39 is 0 Å². The Morgan fingerprint density at radius 3 is 2.31 bits per heavy atom. The lowest BCUT2D eigenvalue weighted by Gasteiger charge is -2.04. The highest BCUT2D eigenvalue weighted by Crippen LogP contribution is 2.18. The number of benzene rings is 1. The molecule has 0 atom stereocenters. The smallest absolute Gasteiger partial charge is 0.135 e. The SMILES string of the molecule is Cl.Clc1ccc(Nc2cc(Cl)ncn2)cc1. The first-order chi connectivity index (χ1) is 7.24. The molecular formula is C10H8Cl3N3. The van der Waals surface area contributed by atoms with Crippen LogP contribution in [0.25, 0.3) is 0 Å². The normalized spacial score (nSPS) is 9.38. The van der Waals surface area contributed by atoms with Gasteiger partial charge in [-0.15, -0.1) is 12.4 Å². The Kier molecular flexibility index (Phi) is 4.80.